The number of carbonyl (C=O) groups is 1. The Kier molecular flexibility index (Phi) is 4.61. The number of non-ortho nitro benzene ring substituents is 1. The fourth-order valence-corrected chi connectivity index (χ4v) is 2.44. The van der Waals surface area contributed by atoms with Crippen molar-refractivity contribution < 1.29 is 14.5 Å². The van der Waals surface area contributed by atoms with Gasteiger partial charge in [0.05, 0.1) is 4.92 Å². The molecule has 0 unspecified atom stereocenters. The molecule has 126 valence electrons. The third kappa shape index (κ3) is 3.74. The molecule has 0 radical (unpaired) electrons. The van der Waals surface area contributed by atoms with Crippen LogP contribution < -0.4 is 9.64 Å². The van der Waals surface area contributed by atoms with Crippen molar-refractivity contribution >= 4 is 28.1 Å². The fraction of sp³-hybridized carbons (Fsp3) is 0.105. The number of likely N-dealkylation sites (N-methyl/N-ethyl adjacent to an activating group) is 1. The topological polar surface area (TPSA) is 72.7 Å². The number of fused-ring (bicyclic) bond motifs is 1. The first-order valence-electron chi connectivity index (χ1n) is 7.67. The van der Waals surface area contributed by atoms with Gasteiger partial charge in [-0.2, -0.15) is 0 Å². The molecular formula is C19H16N2O4. The van der Waals surface area contributed by atoms with Crippen molar-refractivity contribution in [3.63, 3.8) is 0 Å². The molecule has 6 heteroatoms. The molecule has 0 fully saturated rings. The lowest BCUT2D eigenvalue weighted by molar-refractivity contribution is -0.384. The second kappa shape index (κ2) is 7.00. The van der Waals surface area contributed by atoms with Gasteiger partial charge in [0, 0.05) is 24.9 Å². The predicted molar refractivity (Wildman–Crippen MR) is 95.9 cm³/mol. The van der Waals surface area contributed by atoms with Gasteiger partial charge in [0.1, 0.15) is 5.75 Å². The van der Waals surface area contributed by atoms with Crippen molar-refractivity contribution in [1.29, 1.82) is 0 Å². The van der Waals surface area contributed by atoms with Gasteiger partial charge in [0.2, 0.25) is 0 Å². The van der Waals surface area contributed by atoms with Crippen molar-refractivity contribution in [3.05, 3.63) is 76.8 Å². The van der Waals surface area contributed by atoms with Gasteiger partial charge in [0.15, 0.2) is 6.61 Å². The Morgan fingerprint density at radius 3 is 2.40 bits per heavy atom. The Hall–Kier alpha value is -3.41. The summed E-state index contributed by atoms with van der Waals surface area (Å²) in [5.74, 6) is 0.194. The highest BCUT2D eigenvalue weighted by Gasteiger charge is 2.13. The Morgan fingerprint density at radius 1 is 1.04 bits per heavy atom. The number of anilines is 1. The molecule has 0 spiro atoms. The number of rotatable bonds is 5. The van der Waals surface area contributed by atoms with Crippen LogP contribution in [0, 0.1) is 10.1 Å². The van der Waals surface area contributed by atoms with Crippen molar-refractivity contribution in [2.24, 2.45) is 0 Å². The van der Waals surface area contributed by atoms with Crippen LogP contribution in [-0.2, 0) is 4.79 Å². The van der Waals surface area contributed by atoms with E-state index >= 15 is 0 Å². The summed E-state index contributed by atoms with van der Waals surface area (Å²) in [5, 5.41) is 12.8. The summed E-state index contributed by atoms with van der Waals surface area (Å²) >= 11 is 0. The van der Waals surface area contributed by atoms with Crippen molar-refractivity contribution in [2.75, 3.05) is 18.6 Å². The predicted octanol–water partition coefficient (Wildman–Crippen LogP) is 3.79. The van der Waals surface area contributed by atoms with Crippen LogP contribution in [0.5, 0.6) is 5.75 Å². The minimum absolute atomic E-state index is 0.0213. The van der Waals surface area contributed by atoms with E-state index in [0.717, 1.165) is 16.5 Å². The van der Waals surface area contributed by atoms with Crippen LogP contribution in [0.4, 0.5) is 11.4 Å². The zero-order chi connectivity index (χ0) is 17.8. The average molecular weight is 336 g/mol. The second-order valence-electron chi connectivity index (χ2n) is 5.52. The van der Waals surface area contributed by atoms with E-state index in [1.807, 2.05) is 42.5 Å². The van der Waals surface area contributed by atoms with Crippen molar-refractivity contribution in [3.8, 4) is 5.75 Å². The van der Waals surface area contributed by atoms with Gasteiger partial charge >= 0.3 is 0 Å². The number of carbonyl (C=O) groups excluding carboxylic acids is 1. The summed E-state index contributed by atoms with van der Waals surface area (Å²) < 4.78 is 5.42. The number of ether oxygens (including phenoxy) is 1. The summed E-state index contributed by atoms with van der Waals surface area (Å²) in [7, 11) is 1.69. The molecule has 0 saturated carbocycles. The first-order chi connectivity index (χ1) is 12.0. The summed E-state index contributed by atoms with van der Waals surface area (Å²) in [5.41, 5.74) is 0.753. The lowest BCUT2D eigenvalue weighted by Gasteiger charge is -2.18. The van der Waals surface area contributed by atoms with Gasteiger partial charge < -0.3 is 9.64 Å². The van der Waals surface area contributed by atoms with E-state index in [2.05, 4.69) is 0 Å². The zero-order valence-electron chi connectivity index (χ0n) is 13.6. The Morgan fingerprint density at radius 2 is 1.72 bits per heavy atom. The van der Waals surface area contributed by atoms with E-state index in [0.29, 0.717) is 5.75 Å². The number of nitrogens with zero attached hydrogens (tertiary/aromatic N) is 2. The summed E-state index contributed by atoms with van der Waals surface area (Å²) in [6, 6.07) is 19.3. The average Bonchev–Trinajstić information content (AvgIpc) is 2.65. The van der Waals surface area contributed by atoms with E-state index < -0.39 is 4.92 Å². The van der Waals surface area contributed by atoms with Gasteiger partial charge in [0.25, 0.3) is 11.6 Å². The first-order valence-corrected chi connectivity index (χ1v) is 7.67. The second-order valence-corrected chi connectivity index (χ2v) is 5.52. The van der Waals surface area contributed by atoms with E-state index in [-0.39, 0.29) is 18.2 Å². The minimum atomic E-state index is -0.484. The summed E-state index contributed by atoms with van der Waals surface area (Å²) in [4.78, 5) is 24.0. The number of amides is 1. The lowest BCUT2D eigenvalue weighted by atomic mass is 10.1. The molecule has 0 aliphatic carbocycles. The van der Waals surface area contributed by atoms with Crippen LogP contribution in [-0.4, -0.2) is 24.5 Å². The molecule has 3 aromatic carbocycles. The molecule has 25 heavy (non-hydrogen) atoms. The minimum Gasteiger partial charge on any atom is -0.484 e. The van der Waals surface area contributed by atoms with Gasteiger partial charge in [-0.05, 0) is 35.0 Å². The van der Waals surface area contributed by atoms with Crippen LogP contribution in [0.15, 0.2) is 66.7 Å². The number of hydrogen-bond donors (Lipinski definition) is 0. The highest BCUT2D eigenvalue weighted by atomic mass is 16.6. The third-order valence-electron chi connectivity index (χ3n) is 3.90. The summed E-state index contributed by atoms with van der Waals surface area (Å²) in [6.45, 7) is -0.152. The molecular weight excluding hydrogens is 320 g/mol. The first kappa shape index (κ1) is 16.4. The van der Waals surface area contributed by atoms with Crippen LogP contribution in [0.1, 0.15) is 0 Å². The summed E-state index contributed by atoms with van der Waals surface area (Å²) in [6.07, 6.45) is 0. The quantitative estimate of drug-likeness (QED) is 0.525. The molecule has 0 aliphatic rings. The van der Waals surface area contributed by atoms with Crippen molar-refractivity contribution in [1.82, 2.24) is 0 Å². The van der Waals surface area contributed by atoms with E-state index in [4.69, 9.17) is 4.74 Å². The molecule has 6 nitrogen and oxygen atoms in total. The smallest absolute Gasteiger partial charge is 0.269 e. The highest BCUT2D eigenvalue weighted by molar-refractivity contribution is 5.96. The number of hydrogen-bond acceptors (Lipinski definition) is 4. The van der Waals surface area contributed by atoms with E-state index in [1.54, 1.807) is 7.05 Å². The number of benzene rings is 3. The van der Waals surface area contributed by atoms with Gasteiger partial charge in [-0.3, -0.25) is 14.9 Å². The van der Waals surface area contributed by atoms with Crippen LogP contribution in [0.25, 0.3) is 10.8 Å². The maximum atomic E-state index is 12.3. The van der Waals surface area contributed by atoms with Crippen molar-refractivity contribution in [2.45, 2.75) is 0 Å². The lowest BCUT2D eigenvalue weighted by Crippen LogP contribution is -2.31. The zero-order valence-corrected chi connectivity index (χ0v) is 13.6. The third-order valence-corrected chi connectivity index (χ3v) is 3.90. The molecule has 0 bridgehead atoms. The van der Waals surface area contributed by atoms with Crippen LogP contribution >= 0.6 is 0 Å². The number of nitro groups is 1. The van der Waals surface area contributed by atoms with Gasteiger partial charge in [-0.1, -0.05) is 30.3 Å². The molecule has 3 aromatic rings. The van der Waals surface area contributed by atoms with Gasteiger partial charge in [-0.15, -0.1) is 0 Å². The molecule has 0 aromatic heterocycles. The Balaban J connectivity index is 1.66. The van der Waals surface area contributed by atoms with E-state index in [1.165, 1.54) is 29.2 Å². The Bertz CT molecular complexity index is 922. The normalized spacial score (nSPS) is 10.4. The molecule has 0 aliphatic heterocycles. The van der Waals surface area contributed by atoms with Crippen LogP contribution in [0.3, 0.4) is 0 Å². The molecule has 0 heterocycles. The highest BCUT2D eigenvalue weighted by Crippen LogP contribution is 2.22. The monoisotopic (exact) mass is 336 g/mol. The molecule has 3 rings (SSSR count). The fourth-order valence-electron chi connectivity index (χ4n) is 2.44. The number of nitro benzene ring substituents is 1. The SMILES string of the molecule is CN(C(=O)COc1ccc([N+](=O)[O-])cc1)c1ccc2ccccc2c1. The molecule has 1 amide bonds. The standard InChI is InChI=1S/C19H16N2O4/c1-20(17-7-6-14-4-2-3-5-15(14)12-17)19(22)13-25-18-10-8-16(9-11-18)21(23)24/h2-12H,13H2,1H3. The largest absolute Gasteiger partial charge is 0.484 e. The van der Waals surface area contributed by atoms with Crippen LogP contribution in [0.2, 0.25) is 0 Å². The Labute approximate surface area is 144 Å². The molecule has 0 N–H and O–H groups in total. The van der Waals surface area contributed by atoms with E-state index in [9.17, 15) is 14.9 Å². The maximum absolute atomic E-state index is 12.3. The molecule has 0 saturated heterocycles. The molecule has 0 atom stereocenters. The maximum Gasteiger partial charge on any atom is 0.269 e. The van der Waals surface area contributed by atoms with Gasteiger partial charge in [-0.25, -0.2) is 0 Å².